The molecule has 2 rings (SSSR count). The number of ketones is 1. The van der Waals surface area contributed by atoms with Gasteiger partial charge in [0.25, 0.3) is 0 Å². The molecule has 1 heterocycles. The van der Waals surface area contributed by atoms with Gasteiger partial charge in [0.15, 0.2) is 5.78 Å². The average molecular weight is 364 g/mol. The van der Waals surface area contributed by atoms with Gasteiger partial charge in [-0.2, -0.15) is 0 Å². The molecule has 1 aromatic carbocycles. The SMILES string of the molecule is CC(C)[Si](OC1CNCC(=O)C1c1ccc(O)cc1)(C(C)C)C(C)C. The van der Waals surface area contributed by atoms with Gasteiger partial charge < -0.3 is 14.8 Å². The number of carbonyl (C=O) groups is 1. The van der Waals surface area contributed by atoms with Crippen LogP contribution in [0.1, 0.15) is 53.0 Å². The van der Waals surface area contributed by atoms with Crippen LogP contribution in [0.5, 0.6) is 5.75 Å². The van der Waals surface area contributed by atoms with Gasteiger partial charge in [-0.05, 0) is 34.3 Å². The normalized spacial score (nSPS) is 22.2. The summed E-state index contributed by atoms with van der Waals surface area (Å²) in [7, 11) is -2.07. The van der Waals surface area contributed by atoms with Crippen molar-refractivity contribution in [2.75, 3.05) is 13.1 Å². The van der Waals surface area contributed by atoms with E-state index in [0.717, 1.165) is 5.56 Å². The second-order valence-electron chi connectivity index (χ2n) is 8.14. The molecule has 0 spiro atoms. The molecule has 0 saturated carbocycles. The van der Waals surface area contributed by atoms with E-state index < -0.39 is 8.32 Å². The maximum atomic E-state index is 12.7. The Kier molecular flexibility index (Phi) is 6.46. The molecule has 5 heteroatoms. The minimum atomic E-state index is -2.07. The van der Waals surface area contributed by atoms with E-state index in [-0.39, 0.29) is 23.6 Å². The highest BCUT2D eigenvalue weighted by Gasteiger charge is 2.49. The molecule has 2 N–H and O–H groups in total. The summed E-state index contributed by atoms with van der Waals surface area (Å²) in [5, 5.41) is 12.8. The largest absolute Gasteiger partial charge is 0.508 e. The first-order chi connectivity index (χ1) is 11.7. The van der Waals surface area contributed by atoms with Crippen molar-refractivity contribution in [1.82, 2.24) is 5.32 Å². The molecule has 2 unspecified atom stereocenters. The highest BCUT2D eigenvalue weighted by atomic mass is 28.4. The van der Waals surface area contributed by atoms with Crippen LogP contribution < -0.4 is 5.32 Å². The van der Waals surface area contributed by atoms with Crippen molar-refractivity contribution in [3.8, 4) is 5.75 Å². The second-order valence-corrected chi connectivity index (χ2v) is 13.5. The quantitative estimate of drug-likeness (QED) is 0.743. The number of piperidine rings is 1. The fraction of sp³-hybridized carbons (Fsp3) is 0.650. The van der Waals surface area contributed by atoms with E-state index in [1.807, 2.05) is 12.1 Å². The third kappa shape index (κ3) is 3.99. The van der Waals surface area contributed by atoms with Gasteiger partial charge in [0.1, 0.15) is 5.75 Å². The van der Waals surface area contributed by atoms with Gasteiger partial charge in [-0.1, -0.05) is 53.7 Å². The predicted molar refractivity (Wildman–Crippen MR) is 105 cm³/mol. The molecule has 1 saturated heterocycles. The standard InChI is InChI=1S/C20H33NO3Si/c1-13(2)25(14(3)4,15(5)6)24-19-12-21-11-18(23)20(19)16-7-9-17(22)10-8-16/h7-10,13-15,19-22H,11-12H2,1-6H3. The molecule has 0 aromatic heterocycles. The summed E-state index contributed by atoms with van der Waals surface area (Å²) in [4.78, 5) is 12.7. The third-order valence-electron chi connectivity index (χ3n) is 5.68. The van der Waals surface area contributed by atoms with Gasteiger partial charge in [-0.3, -0.25) is 4.79 Å². The maximum Gasteiger partial charge on any atom is 0.200 e. The number of Topliss-reactive ketones (excluding diaryl/α,β-unsaturated/α-hetero) is 1. The van der Waals surface area contributed by atoms with E-state index in [9.17, 15) is 9.90 Å². The number of nitrogens with one attached hydrogen (secondary N) is 1. The highest BCUT2D eigenvalue weighted by Crippen LogP contribution is 2.44. The van der Waals surface area contributed by atoms with Crippen LogP contribution in [0.2, 0.25) is 16.6 Å². The molecule has 1 fully saturated rings. The molecule has 140 valence electrons. The molecule has 0 amide bonds. The van der Waals surface area contributed by atoms with Crippen LogP contribution in [-0.2, 0) is 9.22 Å². The van der Waals surface area contributed by atoms with E-state index in [0.29, 0.717) is 29.7 Å². The summed E-state index contributed by atoms with van der Waals surface area (Å²) in [6, 6.07) is 7.01. The van der Waals surface area contributed by atoms with Crippen LogP contribution in [0.15, 0.2) is 24.3 Å². The van der Waals surface area contributed by atoms with E-state index in [1.165, 1.54) is 0 Å². The molecule has 0 aliphatic carbocycles. The lowest BCUT2D eigenvalue weighted by Crippen LogP contribution is -2.56. The number of carbonyl (C=O) groups excluding carboxylic acids is 1. The molecular weight excluding hydrogens is 330 g/mol. The van der Waals surface area contributed by atoms with E-state index in [1.54, 1.807) is 12.1 Å². The maximum absolute atomic E-state index is 12.7. The summed E-state index contributed by atoms with van der Waals surface area (Å²) >= 11 is 0. The lowest BCUT2D eigenvalue weighted by atomic mass is 9.87. The molecule has 0 bridgehead atoms. The zero-order chi connectivity index (χ0) is 18.8. The molecule has 25 heavy (non-hydrogen) atoms. The van der Waals surface area contributed by atoms with Gasteiger partial charge in [-0.15, -0.1) is 0 Å². The van der Waals surface area contributed by atoms with Crippen LogP contribution in [-0.4, -0.2) is 38.4 Å². The number of hydrogen-bond donors (Lipinski definition) is 2. The Bertz CT molecular complexity index is 561. The highest BCUT2D eigenvalue weighted by molar-refractivity contribution is 6.77. The minimum absolute atomic E-state index is 0.148. The zero-order valence-corrected chi connectivity index (χ0v) is 17.4. The Morgan fingerprint density at radius 1 is 1.04 bits per heavy atom. The van der Waals surface area contributed by atoms with Gasteiger partial charge in [-0.25, -0.2) is 0 Å². The second kappa shape index (κ2) is 8.02. The van der Waals surface area contributed by atoms with Crippen molar-refractivity contribution in [3.63, 3.8) is 0 Å². The van der Waals surface area contributed by atoms with E-state index in [4.69, 9.17) is 4.43 Å². The molecule has 4 nitrogen and oxygen atoms in total. The number of benzene rings is 1. The summed E-state index contributed by atoms with van der Waals surface area (Å²) in [5.74, 6) is 0.129. The van der Waals surface area contributed by atoms with Crippen molar-refractivity contribution in [2.24, 2.45) is 0 Å². The van der Waals surface area contributed by atoms with Crippen molar-refractivity contribution in [2.45, 2.75) is 70.2 Å². The van der Waals surface area contributed by atoms with Crippen LogP contribution in [0.3, 0.4) is 0 Å². The van der Waals surface area contributed by atoms with Crippen LogP contribution in [0.25, 0.3) is 0 Å². The summed E-state index contributed by atoms with van der Waals surface area (Å²) in [5.41, 5.74) is 2.37. The number of aromatic hydroxyl groups is 1. The smallest absolute Gasteiger partial charge is 0.200 e. The van der Waals surface area contributed by atoms with Crippen molar-refractivity contribution < 1.29 is 14.3 Å². The van der Waals surface area contributed by atoms with Gasteiger partial charge in [0, 0.05) is 6.54 Å². The zero-order valence-electron chi connectivity index (χ0n) is 16.4. The topological polar surface area (TPSA) is 58.6 Å². The fourth-order valence-electron chi connectivity index (χ4n) is 4.64. The number of phenols is 1. The monoisotopic (exact) mass is 363 g/mol. The Balaban J connectivity index is 2.39. The first kappa shape index (κ1) is 20.1. The Morgan fingerprint density at radius 2 is 1.56 bits per heavy atom. The van der Waals surface area contributed by atoms with Crippen LogP contribution in [0, 0.1) is 0 Å². The lowest BCUT2D eigenvalue weighted by Gasteiger charge is -2.47. The Hall–Kier alpha value is -1.17. The van der Waals surface area contributed by atoms with Gasteiger partial charge in [0.2, 0.25) is 8.32 Å². The van der Waals surface area contributed by atoms with Crippen molar-refractivity contribution in [1.29, 1.82) is 0 Å². The van der Waals surface area contributed by atoms with Gasteiger partial charge >= 0.3 is 0 Å². The fourth-order valence-corrected chi connectivity index (χ4v) is 10.2. The average Bonchev–Trinajstić information content (AvgIpc) is 2.52. The molecule has 1 aliphatic heterocycles. The van der Waals surface area contributed by atoms with E-state index >= 15 is 0 Å². The molecule has 1 aliphatic rings. The third-order valence-corrected chi connectivity index (χ3v) is 11.8. The van der Waals surface area contributed by atoms with Crippen molar-refractivity contribution >= 4 is 14.1 Å². The van der Waals surface area contributed by atoms with Crippen molar-refractivity contribution in [3.05, 3.63) is 29.8 Å². The Morgan fingerprint density at radius 3 is 2.04 bits per heavy atom. The number of phenolic OH excluding ortho intramolecular Hbond substituents is 1. The molecule has 2 atom stereocenters. The summed E-state index contributed by atoms with van der Waals surface area (Å²) in [6.45, 7) is 14.7. The minimum Gasteiger partial charge on any atom is -0.508 e. The molecule has 0 radical (unpaired) electrons. The Labute approximate surface area is 153 Å². The van der Waals surface area contributed by atoms with Gasteiger partial charge in [0.05, 0.1) is 18.6 Å². The lowest BCUT2D eigenvalue weighted by molar-refractivity contribution is -0.123. The summed E-state index contributed by atoms with van der Waals surface area (Å²) < 4.78 is 6.92. The number of rotatable bonds is 6. The van der Waals surface area contributed by atoms with Crippen LogP contribution in [0.4, 0.5) is 0 Å². The molecule has 1 aromatic rings. The first-order valence-corrected chi connectivity index (χ1v) is 11.5. The summed E-state index contributed by atoms with van der Waals surface area (Å²) in [6.07, 6.45) is -0.148. The van der Waals surface area contributed by atoms with Crippen LogP contribution >= 0.6 is 0 Å². The molecular formula is C20H33NO3Si. The first-order valence-electron chi connectivity index (χ1n) is 9.40. The number of hydrogen-bond acceptors (Lipinski definition) is 4. The predicted octanol–water partition coefficient (Wildman–Crippen LogP) is 4.21. The van der Waals surface area contributed by atoms with E-state index in [2.05, 4.69) is 46.9 Å².